The Bertz CT molecular complexity index is 1560. The summed E-state index contributed by atoms with van der Waals surface area (Å²) in [5.41, 5.74) is 3.86. The highest BCUT2D eigenvalue weighted by atomic mass is 19.1. The molecule has 3 aromatic carbocycles. The number of amides is 5. The summed E-state index contributed by atoms with van der Waals surface area (Å²) in [4.78, 5) is 55.1. The predicted octanol–water partition coefficient (Wildman–Crippen LogP) is 1.83. The second kappa shape index (κ2) is 13.6. The van der Waals surface area contributed by atoms with Crippen LogP contribution in [0.3, 0.4) is 0 Å². The standard InChI is InChI=1S/C32H35BFN5O5/c1-44-27-6-7-28-21(17-27)8-13-39(32(43)37-28)26-9-11-38(12-10-26)29(40)19-36-31(42)23-14-22(15-24(33)16-23)30(41)35-18-20-2-4-25(34)5-3-20/h2-7,14-17,26H,8-13,18-19,33H2,1H3,(H,35,41)(H,36,42)(H,37,43). The Hall–Kier alpha value is -4.87. The number of hydrogen-bond acceptors (Lipinski definition) is 5. The number of benzene rings is 3. The first-order valence-corrected chi connectivity index (χ1v) is 14.6. The van der Waals surface area contributed by atoms with E-state index in [1.807, 2.05) is 23.1 Å². The van der Waals surface area contributed by atoms with Crippen LogP contribution in [-0.4, -0.2) is 80.7 Å². The maximum Gasteiger partial charge on any atom is 0.322 e. The van der Waals surface area contributed by atoms with Crippen LogP contribution in [0.15, 0.2) is 60.7 Å². The predicted molar refractivity (Wildman–Crippen MR) is 167 cm³/mol. The number of nitrogens with zero attached hydrogens (tertiary/aromatic N) is 2. The van der Waals surface area contributed by atoms with Crippen molar-refractivity contribution in [1.82, 2.24) is 20.4 Å². The van der Waals surface area contributed by atoms with E-state index in [0.717, 1.165) is 28.0 Å². The first-order valence-electron chi connectivity index (χ1n) is 14.6. The third-order valence-corrected chi connectivity index (χ3v) is 8.06. The molecule has 0 saturated carbocycles. The molecule has 0 radical (unpaired) electrons. The summed E-state index contributed by atoms with van der Waals surface area (Å²) < 4.78 is 18.5. The molecular weight excluding hydrogens is 564 g/mol. The van der Waals surface area contributed by atoms with Gasteiger partial charge in [-0.3, -0.25) is 14.4 Å². The Labute approximate surface area is 256 Å². The molecule has 1 fully saturated rings. The molecule has 0 bridgehead atoms. The van der Waals surface area contributed by atoms with E-state index < -0.39 is 5.91 Å². The Balaban J connectivity index is 1.10. The maximum atomic E-state index is 13.1. The first-order chi connectivity index (χ1) is 21.2. The van der Waals surface area contributed by atoms with Crippen LogP contribution in [0, 0.1) is 5.82 Å². The third-order valence-electron chi connectivity index (χ3n) is 8.06. The highest BCUT2D eigenvalue weighted by molar-refractivity contribution is 6.33. The monoisotopic (exact) mass is 599 g/mol. The fourth-order valence-corrected chi connectivity index (χ4v) is 5.63. The number of likely N-dealkylation sites (tertiary alicyclic amines) is 1. The van der Waals surface area contributed by atoms with Gasteiger partial charge in [0.05, 0.1) is 13.7 Å². The molecule has 44 heavy (non-hydrogen) atoms. The molecule has 10 nitrogen and oxygen atoms in total. The zero-order valence-corrected chi connectivity index (χ0v) is 24.8. The van der Waals surface area contributed by atoms with E-state index in [1.165, 1.54) is 18.2 Å². The molecule has 3 N–H and O–H groups in total. The van der Waals surface area contributed by atoms with E-state index in [-0.39, 0.29) is 48.4 Å². The van der Waals surface area contributed by atoms with E-state index in [1.54, 1.807) is 44.1 Å². The molecule has 228 valence electrons. The smallest absolute Gasteiger partial charge is 0.322 e. The minimum atomic E-state index is -0.457. The summed E-state index contributed by atoms with van der Waals surface area (Å²) in [7, 11) is 3.40. The molecule has 5 rings (SSSR count). The summed E-state index contributed by atoms with van der Waals surface area (Å²) >= 11 is 0. The molecule has 5 amide bonds. The maximum absolute atomic E-state index is 13.1. The van der Waals surface area contributed by atoms with Crippen LogP contribution in [0.2, 0.25) is 0 Å². The third kappa shape index (κ3) is 7.37. The van der Waals surface area contributed by atoms with E-state index in [9.17, 15) is 23.6 Å². The summed E-state index contributed by atoms with van der Waals surface area (Å²) in [5.74, 6) is -0.638. The van der Waals surface area contributed by atoms with Gasteiger partial charge in [0.15, 0.2) is 0 Å². The fraction of sp³-hybridized carbons (Fsp3) is 0.312. The lowest BCUT2D eigenvalue weighted by molar-refractivity contribution is -0.131. The van der Waals surface area contributed by atoms with Crippen molar-refractivity contribution in [2.45, 2.75) is 31.8 Å². The fourth-order valence-electron chi connectivity index (χ4n) is 5.63. The van der Waals surface area contributed by atoms with Gasteiger partial charge in [0.1, 0.15) is 19.4 Å². The molecular formula is C32H35BFN5O5. The number of nitrogens with one attached hydrogen (secondary N) is 3. The van der Waals surface area contributed by atoms with Crippen LogP contribution >= 0.6 is 0 Å². The quantitative estimate of drug-likeness (QED) is 0.342. The van der Waals surface area contributed by atoms with Gasteiger partial charge < -0.3 is 30.5 Å². The number of ether oxygens (including phenoxy) is 1. The number of piperidine rings is 1. The van der Waals surface area contributed by atoms with Crippen LogP contribution in [-0.2, 0) is 17.8 Å². The normalized spacial score (nSPS) is 15.1. The largest absolute Gasteiger partial charge is 0.497 e. The first kappa shape index (κ1) is 30.6. The van der Waals surface area contributed by atoms with Crippen molar-refractivity contribution in [1.29, 1.82) is 0 Å². The van der Waals surface area contributed by atoms with Crippen molar-refractivity contribution in [2.75, 3.05) is 38.6 Å². The lowest BCUT2D eigenvalue weighted by atomic mass is 9.91. The van der Waals surface area contributed by atoms with E-state index in [4.69, 9.17) is 4.74 Å². The number of hydrogen-bond donors (Lipinski definition) is 3. The summed E-state index contributed by atoms with van der Waals surface area (Å²) in [6.45, 7) is 1.57. The van der Waals surface area contributed by atoms with Crippen molar-refractivity contribution in [3.05, 3.63) is 88.7 Å². The second-order valence-electron chi connectivity index (χ2n) is 11.1. The van der Waals surface area contributed by atoms with Crippen molar-refractivity contribution >= 4 is 42.7 Å². The van der Waals surface area contributed by atoms with E-state index in [0.29, 0.717) is 44.5 Å². The molecule has 2 heterocycles. The highest BCUT2D eigenvalue weighted by Crippen LogP contribution is 2.27. The lowest BCUT2D eigenvalue weighted by Crippen LogP contribution is -2.51. The van der Waals surface area contributed by atoms with Gasteiger partial charge >= 0.3 is 6.03 Å². The van der Waals surface area contributed by atoms with Crippen LogP contribution in [0.5, 0.6) is 5.75 Å². The van der Waals surface area contributed by atoms with Crippen LogP contribution in [0.25, 0.3) is 0 Å². The molecule has 0 atom stereocenters. The van der Waals surface area contributed by atoms with Crippen molar-refractivity contribution in [3.63, 3.8) is 0 Å². The van der Waals surface area contributed by atoms with Gasteiger partial charge in [0, 0.05) is 49.0 Å². The van der Waals surface area contributed by atoms with E-state index >= 15 is 0 Å². The Morgan fingerprint density at radius 2 is 1.64 bits per heavy atom. The highest BCUT2D eigenvalue weighted by Gasteiger charge is 2.31. The van der Waals surface area contributed by atoms with Crippen molar-refractivity contribution in [2.24, 2.45) is 0 Å². The average molecular weight is 599 g/mol. The van der Waals surface area contributed by atoms with Crippen LogP contribution in [0.4, 0.5) is 14.9 Å². The molecule has 2 aliphatic heterocycles. The Morgan fingerprint density at radius 3 is 2.32 bits per heavy atom. The van der Waals surface area contributed by atoms with Gasteiger partial charge in [-0.1, -0.05) is 29.7 Å². The molecule has 0 aromatic heterocycles. The van der Waals surface area contributed by atoms with Crippen LogP contribution in [0.1, 0.15) is 44.7 Å². The Kier molecular flexibility index (Phi) is 9.47. The number of halogens is 1. The van der Waals surface area contributed by atoms with Gasteiger partial charge in [0.2, 0.25) is 5.91 Å². The Morgan fingerprint density at radius 1 is 0.955 bits per heavy atom. The van der Waals surface area contributed by atoms with Gasteiger partial charge in [0.25, 0.3) is 11.8 Å². The molecule has 0 unspecified atom stereocenters. The summed E-state index contributed by atoms with van der Waals surface area (Å²) in [5, 5.41) is 8.46. The zero-order chi connectivity index (χ0) is 31.2. The van der Waals surface area contributed by atoms with Gasteiger partial charge in [-0.15, -0.1) is 0 Å². The molecule has 12 heteroatoms. The average Bonchev–Trinajstić information content (AvgIpc) is 3.20. The number of urea groups is 1. The van der Waals surface area contributed by atoms with Gasteiger partial charge in [-0.25, -0.2) is 9.18 Å². The minimum absolute atomic E-state index is 0.00441. The van der Waals surface area contributed by atoms with Gasteiger partial charge in [-0.2, -0.15) is 0 Å². The molecule has 0 spiro atoms. The molecule has 1 saturated heterocycles. The van der Waals surface area contributed by atoms with Crippen LogP contribution < -0.4 is 26.2 Å². The minimum Gasteiger partial charge on any atom is -0.497 e. The second-order valence-corrected chi connectivity index (χ2v) is 11.1. The van der Waals surface area contributed by atoms with Crippen molar-refractivity contribution in [3.8, 4) is 5.75 Å². The number of rotatable bonds is 8. The van der Waals surface area contributed by atoms with E-state index in [2.05, 4.69) is 16.0 Å². The number of carbonyl (C=O) groups excluding carboxylic acids is 4. The van der Waals surface area contributed by atoms with Gasteiger partial charge in [-0.05, 0) is 66.8 Å². The summed E-state index contributed by atoms with van der Waals surface area (Å²) in [6, 6.07) is 16.1. The molecule has 3 aromatic rings. The van der Waals surface area contributed by atoms with Crippen molar-refractivity contribution < 1.29 is 28.3 Å². The number of fused-ring (bicyclic) bond motifs is 1. The number of carbonyl (C=O) groups is 4. The SMILES string of the molecule is Bc1cc(C(=O)NCC(=O)N2CCC(N3CCc4cc(OC)ccc4NC3=O)CC2)cc(C(=O)NCc2ccc(F)cc2)c1. The molecule has 0 aliphatic carbocycles. The number of anilines is 1. The number of methoxy groups -OCH3 is 1. The zero-order valence-electron chi connectivity index (χ0n) is 24.8. The molecule has 2 aliphatic rings. The lowest BCUT2D eigenvalue weighted by Gasteiger charge is -2.38. The topological polar surface area (TPSA) is 120 Å². The summed E-state index contributed by atoms with van der Waals surface area (Å²) in [6.07, 6.45) is 1.98.